The quantitative estimate of drug-likeness (QED) is 0.753. The van der Waals surface area contributed by atoms with Crippen molar-refractivity contribution < 1.29 is 4.74 Å². The van der Waals surface area contributed by atoms with Crippen LogP contribution in [0.4, 0.5) is 0 Å². The monoisotopic (exact) mass is 295 g/mol. The normalized spacial score (nSPS) is 14.3. The lowest BCUT2D eigenvalue weighted by molar-refractivity contribution is 0.195. The molecule has 0 spiro atoms. The van der Waals surface area contributed by atoms with E-state index in [1.807, 2.05) is 4.68 Å². The fraction of sp³-hybridized carbons (Fsp3) is 0.615. The zero-order chi connectivity index (χ0) is 14.4. The molecule has 2 heterocycles. The minimum absolute atomic E-state index is 0.103. The van der Waals surface area contributed by atoms with Gasteiger partial charge in [0, 0.05) is 25.0 Å². The van der Waals surface area contributed by atoms with E-state index in [0.717, 1.165) is 18.8 Å². The van der Waals surface area contributed by atoms with Crippen molar-refractivity contribution in [1.82, 2.24) is 25.5 Å². The molecule has 2 rings (SSSR count). The smallest absolute Gasteiger partial charge is 0.168 e. The molecular formula is C13H21N5OS. The molecule has 0 radical (unpaired) electrons. The second kappa shape index (κ2) is 7.47. The van der Waals surface area contributed by atoms with Gasteiger partial charge in [-0.1, -0.05) is 6.07 Å². The van der Waals surface area contributed by atoms with Crippen molar-refractivity contribution in [2.75, 3.05) is 20.3 Å². The molecule has 2 aromatic heterocycles. The second-order valence-electron chi connectivity index (χ2n) is 4.78. The average Bonchev–Trinajstić information content (AvgIpc) is 3.09. The molecule has 0 aliphatic carbocycles. The van der Waals surface area contributed by atoms with Crippen molar-refractivity contribution in [1.29, 1.82) is 0 Å². The number of hydrogen-bond donors (Lipinski definition) is 1. The van der Waals surface area contributed by atoms with Gasteiger partial charge in [-0.15, -0.1) is 16.4 Å². The summed E-state index contributed by atoms with van der Waals surface area (Å²) >= 11 is 1.77. The van der Waals surface area contributed by atoms with E-state index in [9.17, 15) is 0 Å². The van der Waals surface area contributed by atoms with Gasteiger partial charge in [0.05, 0.1) is 18.7 Å². The molecule has 6 nitrogen and oxygen atoms in total. The van der Waals surface area contributed by atoms with Crippen molar-refractivity contribution in [2.24, 2.45) is 0 Å². The number of ether oxygens (including phenoxy) is 1. The standard InChI is InChI=1S/C13H21N5OS/c1-10(9-12-5-4-8-20-12)18-13(15-16-17-18)11(2)14-6-7-19-3/h4-5,8,10-11,14H,6-7,9H2,1-3H3. The van der Waals surface area contributed by atoms with Gasteiger partial charge in [-0.05, 0) is 35.7 Å². The SMILES string of the molecule is COCCNC(C)c1nnnn1C(C)Cc1cccs1. The van der Waals surface area contributed by atoms with E-state index < -0.39 is 0 Å². The lowest BCUT2D eigenvalue weighted by Gasteiger charge is -2.17. The lowest BCUT2D eigenvalue weighted by Crippen LogP contribution is -2.27. The van der Waals surface area contributed by atoms with Crippen molar-refractivity contribution >= 4 is 11.3 Å². The van der Waals surface area contributed by atoms with Gasteiger partial charge in [0.1, 0.15) is 0 Å². The summed E-state index contributed by atoms with van der Waals surface area (Å²) in [6.07, 6.45) is 0.945. The predicted molar refractivity (Wildman–Crippen MR) is 78.8 cm³/mol. The number of rotatable bonds is 8. The zero-order valence-corrected chi connectivity index (χ0v) is 12.9. The minimum Gasteiger partial charge on any atom is -0.383 e. The Morgan fingerprint density at radius 2 is 2.30 bits per heavy atom. The highest BCUT2D eigenvalue weighted by Gasteiger charge is 2.18. The summed E-state index contributed by atoms with van der Waals surface area (Å²) in [5, 5.41) is 17.5. The van der Waals surface area contributed by atoms with Crippen molar-refractivity contribution in [3.8, 4) is 0 Å². The maximum absolute atomic E-state index is 5.04. The van der Waals surface area contributed by atoms with Gasteiger partial charge < -0.3 is 10.1 Å². The fourth-order valence-electron chi connectivity index (χ4n) is 2.07. The molecule has 2 atom stereocenters. The molecule has 7 heteroatoms. The summed E-state index contributed by atoms with van der Waals surface area (Å²) in [6.45, 7) is 5.66. The van der Waals surface area contributed by atoms with Gasteiger partial charge in [-0.25, -0.2) is 4.68 Å². The molecule has 0 aromatic carbocycles. The molecule has 0 amide bonds. The predicted octanol–water partition coefficient (Wildman–Crippen LogP) is 1.84. The van der Waals surface area contributed by atoms with Gasteiger partial charge in [-0.3, -0.25) is 0 Å². The molecule has 2 aromatic rings. The molecule has 0 aliphatic rings. The fourth-order valence-corrected chi connectivity index (χ4v) is 2.90. The highest BCUT2D eigenvalue weighted by molar-refractivity contribution is 7.09. The second-order valence-corrected chi connectivity index (χ2v) is 5.82. The first kappa shape index (κ1) is 15.1. The molecule has 0 saturated carbocycles. The van der Waals surface area contributed by atoms with Gasteiger partial charge in [0.15, 0.2) is 5.82 Å². The Hall–Kier alpha value is -1.31. The van der Waals surface area contributed by atoms with Crippen LogP contribution >= 0.6 is 11.3 Å². The largest absolute Gasteiger partial charge is 0.383 e. The first-order chi connectivity index (χ1) is 9.72. The third-order valence-electron chi connectivity index (χ3n) is 3.16. The van der Waals surface area contributed by atoms with E-state index in [2.05, 4.69) is 52.2 Å². The number of aromatic nitrogens is 4. The summed E-state index contributed by atoms with van der Waals surface area (Å²) in [5.41, 5.74) is 0. The van der Waals surface area contributed by atoms with Crippen LogP contribution in [-0.2, 0) is 11.2 Å². The zero-order valence-electron chi connectivity index (χ0n) is 12.1. The molecule has 0 bridgehead atoms. The summed E-state index contributed by atoms with van der Waals surface area (Å²) in [4.78, 5) is 1.35. The first-order valence-electron chi connectivity index (χ1n) is 6.74. The molecule has 0 aliphatic heterocycles. The van der Waals surface area contributed by atoms with E-state index in [1.165, 1.54) is 4.88 Å². The number of nitrogens with zero attached hydrogens (tertiary/aromatic N) is 4. The van der Waals surface area contributed by atoms with Gasteiger partial charge in [0.25, 0.3) is 0 Å². The molecule has 1 N–H and O–H groups in total. The van der Waals surface area contributed by atoms with Crippen LogP contribution in [0, 0.1) is 0 Å². The van der Waals surface area contributed by atoms with Crippen LogP contribution in [0.15, 0.2) is 17.5 Å². The van der Waals surface area contributed by atoms with Crippen molar-refractivity contribution in [2.45, 2.75) is 32.4 Å². The van der Waals surface area contributed by atoms with Crippen LogP contribution in [0.3, 0.4) is 0 Å². The third kappa shape index (κ3) is 3.84. The summed E-state index contributed by atoms with van der Waals surface area (Å²) in [6, 6.07) is 4.56. The van der Waals surface area contributed by atoms with E-state index in [4.69, 9.17) is 4.74 Å². The summed E-state index contributed by atoms with van der Waals surface area (Å²) in [5.74, 6) is 0.866. The Labute approximate surface area is 123 Å². The van der Waals surface area contributed by atoms with E-state index in [1.54, 1.807) is 18.4 Å². The van der Waals surface area contributed by atoms with Gasteiger partial charge >= 0.3 is 0 Å². The molecule has 110 valence electrons. The van der Waals surface area contributed by atoms with Gasteiger partial charge in [0.2, 0.25) is 0 Å². The number of methoxy groups -OCH3 is 1. The van der Waals surface area contributed by atoms with Crippen molar-refractivity contribution in [3.05, 3.63) is 28.2 Å². The summed E-state index contributed by atoms with van der Waals surface area (Å²) < 4.78 is 6.94. The lowest BCUT2D eigenvalue weighted by atomic mass is 10.2. The van der Waals surface area contributed by atoms with Gasteiger partial charge in [-0.2, -0.15) is 0 Å². The van der Waals surface area contributed by atoms with Crippen LogP contribution in [0.1, 0.15) is 36.6 Å². The molecule has 2 unspecified atom stereocenters. The third-order valence-corrected chi connectivity index (χ3v) is 4.06. The first-order valence-corrected chi connectivity index (χ1v) is 7.62. The van der Waals surface area contributed by atoms with Crippen LogP contribution in [0.25, 0.3) is 0 Å². The van der Waals surface area contributed by atoms with E-state index >= 15 is 0 Å². The van der Waals surface area contributed by atoms with Crippen LogP contribution in [-0.4, -0.2) is 40.5 Å². The van der Waals surface area contributed by atoms with Crippen molar-refractivity contribution in [3.63, 3.8) is 0 Å². The van der Waals surface area contributed by atoms with Crippen LogP contribution in [0.5, 0.6) is 0 Å². The summed E-state index contributed by atoms with van der Waals surface area (Å²) in [7, 11) is 1.69. The number of thiophene rings is 1. The number of hydrogen-bond acceptors (Lipinski definition) is 6. The number of nitrogens with one attached hydrogen (secondary N) is 1. The maximum Gasteiger partial charge on any atom is 0.168 e. The Balaban J connectivity index is 1.99. The Morgan fingerprint density at radius 3 is 3.00 bits per heavy atom. The topological polar surface area (TPSA) is 64.9 Å². The molecule has 0 fully saturated rings. The highest BCUT2D eigenvalue weighted by atomic mass is 32.1. The molecule has 20 heavy (non-hydrogen) atoms. The van der Waals surface area contributed by atoms with E-state index in [-0.39, 0.29) is 12.1 Å². The van der Waals surface area contributed by atoms with E-state index in [0.29, 0.717) is 6.61 Å². The Kier molecular flexibility index (Phi) is 5.63. The molecule has 0 saturated heterocycles. The van der Waals surface area contributed by atoms with Crippen LogP contribution < -0.4 is 5.32 Å². The number of tetrazole rings is 1. The molecular weight excluding hydrogens is 274 g/mol. The van der Waals surface area contributed by atoms with Crippen LogP contribution in [0.2, 0.25) is 0 Å². The highest BCUT2D eigenvalue weighted by Crippen LogP contribution is 2.20. The minimum atomic E-state index is 0.103. The average molecular weight is 295 g/mol. The Morgan fingerprint density at radius 1 is 1.45 bits per heavy atom. The maximum atomic E-state index is 5.04. The Bertz CT molecular complexity index is 499.